The molecule has 44 heavy (non-hydrogen) atoms. The molecule has 1 radical (unpaired) electrons. The zero-order valence-electron chi connectivity index (χ0n) is 24.2. The molecule has 0 bridgehead atoms. The summed E-state index contributed by atoms with van der Waals surface area (Å²) in [5, 5.41) is 44.7. The van der Waals surface area contributed by atoms with Gasteiger partial charge < -0.3 is 39.3 Å². The van der Waals surface area contributed by atoms with Crippen molar-refractivity contribution in [1.29, 1.82) is 0 Å². The Hall–Kier alpha value is -2.87. The number of aliphatic carboxylic acids is 3. The van der Waals surface area contributed by atoms with Crippen LogP contribution in [-0.2, 0) is 24.0 Å². The van der Waals surface area contributed by atoms with Crippen molar-refractivity contribution in [3.05, 3.63) is 34.4 Å². The summed E-state index contributed by atoms with van der Waals surface area (Å²) in [7, 11) is 0. The van der Waals surface area contributed by atoms with Gasteiger partial charge in [0, 0.05) is 90.7 Å². The number of hydrogen-bond donors (Lipinski definition) is 0. The number of rotatable bonds is 13. The molecule has 0 unspecified atom stereocenters. The van der Waals surface area contributed by atoms with Gasteiger partial charge in [0.2, 0.25) is 5.91 Å². The Labute approximate surface area is 286 Å². The molecule has 0 aromatic heterocycles. The first-order valence-corrected chi connectivity index (χ1v) is 13.6. The van der Waals surface area contributed by atoms with Gasteiger partial charge in [0.15, 0.2) is 0 Å². The summed E-state index contributed by atoms with van der Waals surface area (Å²) >= 11 is 0. The van der Waals surface area contributed by atoms with Gasteiger partial charge in [0.1, 0.15) is 12.3 Å². The second kappa shape index (κ2) is 20.2. The fourth-order valence-electron chi connectivity index (χ4n) is 4.38. The zero-order valence-corrected chi connectivity index (χ0v) is 26.5. The molecular formula is C26H35GdN6O11. The molecule has 1 aromatic carbocycles. The van der Waals surface area contributed by atoms with E-state index in [0.717, 1.165) is 0 Å². The molecule has 0 atom stereocenters. The number of ether oxygens (including phenoxy) is 1. The van der Waals surface area contributed by atoms with Crippen molar-refractivity contribution in [3.63, 3.8) is 0 Å². The third kappa shape index (κ3) is 15.2. The summed E-state index contributed by atoms with van der Waals surface area (Å²) in [6.07, 6.45) is 0. The molecule has 1 fully saturated rings. The molecule has 18 heteroatoms. The summed E-state index contributed by atoms with van der Waals surface area (Å²) in [5.74, 6) is -5.12. The van der Waals surface area contributed by atoms with Crippen LogP contribution in [0.4, 0.5) is 5.69 Å². The maximum absolute atomic E-state index is 13.2. The van der Waals surface area contributed by atoms with Crippen molar-refractivity contribution in [2.75, 3.05) is 91.6 Å². The van der Waals surface area contributed by atoms with Gasteiger partial charge in [-0.15, -0.1) is 0 Å². The predicted octanol–water partition coefficient (Wildman–Crippen LogP) is -5.18. The summed E-state index contributed by atoms with van der Waals surface area (Å²) in [6, 6.07) is 4.88. The Balaban J connectivity index is 0.00000968. The standard InChI is InChI=1S/C26H38N6O11.Gd/c1-2-31(19-26(40)43-21-5-3-20(4-6-21)32(41)42)22(33)15-27-7-9-28(16-23(34)35)11-13-30(18-25(38)39)14-12-29(10-8-27)17-24(36)37;/h3-6H,2,7-19H2,1H3,(H,34,35)(H,36,37)(H,38,39);/q;+3/p-3. The first-order valence-electron chi connectivity index (χ1n) is 13.6. The second-order valence-corrected chi connectivity index (χ2v) is 9.85. The van der Waals surface area contributed by atoms with Gasteiger partial charge in [-0.05, 0) is 19.1 Å². The summed E-state index contributed by atoms with van der Waals surface area (Å²) in [6.45, 7) is 1.39. The number of nitrogens with zero attached hydrogens (tertiary/aromatic N) is 6. The van der Waals surface area contributed by atoms with Gasteiger partial charge in [0.05, 0.1) is 29.4 Å². The zero-order chi connectivity index (χ0) is 31.9. The fourth-order valence-corrected chi connectivity index (χ4v) is 4.38. The normalized spacial score (nSPS) is 16.0. The van der Waals surface area contributed by atoms with E-state index in [1.807, 2.05) is 0 Å². The summed E-state index contributed by atoms with van der Waals surface area (Å²) in [5.41, 5.74) is -0.178. The fraction of sp³-hybridized carbons (Fsp3) is 0.577. The van der Waals surface area contributed by atoms with Gasteiger partial charge in [0.25, 0.3) is 5.69 Å². The minimum atomic E-state index is -1.33. The van der Waals surface area contributed by atoms with Crippen molar-refractivity contribution in [2.45, 2.75) is 6.92 Å². The number of amides is 1. The quantitative estimate of drug-likeness (QED) is 0.0793. The largest absolute Gasteiger partial charge is 3.00 e. The van der Waals surface area contributed by atoms with Crippen LogP contribution in [0.1, 0.15) is 6.92 Å². The third-order valence-electron chi connectivity index (χ3n) is 6.68. The molecule has 0 aliphatic carbocycles. The van der Waals surface area contributed by atoms with Crippen molar-refractivity contribution >= 4 is 35.5 Å². The molecule has 0 saturated carbocycles. The Kier molecular flexibility index (Phi) is 18.0. The van der Waals surface area contributed by atoms with Crippen molar-refractivity contribution < 1.29 is 88.9 Å². The third-order valence-corrected chi connectivity index (χ3v) is 6.68. The van der Waals surface area contributed by atoms with Crippen LogP contribution in [0.25, 0.3) is 0 Å². The number of likely N-dealkylation sites (N-methyl/N-ethyl adjacent to an activating group) is 1. The smallest absolute Gasteiger partial charge is 0.549 e. The summed E-state index contributed by atoms with van der Waals surface area (Å²) in [4.78, 5) is 77.3. The topological polar surface area (TPSA) is 223 Å². The molecule has 0 N–H and O–H groups in total. The number of hydrogen-bond acceptors (Lipinski definition) is 15. The van der Waals surface area contributed by atoms with Crippen molar-refractivity contribution in [3.8, 4) is 5.75 Å². The maximum Gasteiger partial charge on any atom is 3.00 e. The Morgan fingerprint density at radius 3 is 1.41 bits per heavy atom. The minimum Gasteiger partial charge on any atom is -0.549 e. The number of carbonyl (C=O) groups excluding carboxylic acids is 5. The molecule has 0 spiro atoms. The Morgan fingerprint density at radius 1 is 0.727 bits per heavy atom. The molecule has 1 aliphatic heterocycles. The number of nitro groups is 1. The number of carboxylic acid groups (broad SMARTS) is 3. The summed E-state index contributed by atoms with van der Waals surface area (Å²) < 4.78 is 5.20. The molecule has 1 heterocycles. The van der Waals surface area contributed by atoms with E-state index in [1.165, 1.54) is 34.1 Å². The predicted molar refractivity (Wildman–Crippen MR) is 142 cm³/mol. The van der Waals surface area contributed by atoms with E-state index in [-0.39, 0.29) is 117 Å². The van der Waals surface area contributed by atoms with E-state index < -0.39 is 60.9 Å². The van der Waals surface area contributed by atoms with Crippen LogP contribution in [0.3, 0.4) is 0 Å². The average molecular weight is 765 g/mol. The first-order chi connectivity index (χ1) is 20.4. The number of nitro benzene ring substituents is 1. The van der Waals surface area contributed by atoms with Crippen LogP contribution in [-0.4, -0.2) is 151 Å². The van der Waals surface area contributed by atoms with Crippen LogP contribution in [0, 0.1) is 50.1 Å². The van der Waals surface area contributed by atoms with Gasteiger partial charge >= 0.3 is 45.9 Å². The number of non-ortho nitro benzene ring substituents is 1. The van der Waals surface area contributed by atoms with Gasteiger partial charge in [-0.1, -0.05) is 0 Å². The van der Waals surface area contributed by atoms with Crippen LogP contribution >= 0.6 is 0 Å². The van der Waals surface area contributed by atoms with E-state index in [1.54, 1.807) is 21.6 Å². The number of esters is 1. The Bertz CT molecular complexity index is 1110. The van der Waals surface area contributed by atoms with E-state index in [9.17, 15) is 49.4 Å². The second-order valence-electron chi connectivity index (χ2n) is 9.85. The minimum absolute atomic E-state index is 0. The van der Waals surface area contributed by atoms with Gasteiger partial charge in [-0.2, -0.15) is 0 Å². The van der Waals surface area contributed by atoms with Crippen LogP contribution in [0.2, 0.25) is 0 Å². The number of carbonyl (C=O) groups is 5. The van der Waals surface area contributed by atoms with Gasteiger partial charge in [-0.25, -0.2) is 4.79 Å². The monoisotopic (exact) mass is 765 g/mol. The van der Waals surface area contributed by atoms with Crippen LogP contribution in [0.5, 0.6) is 5.75 Å². The average Bonchev–Trinajstić information content (AvgIpc) is 2.92. The SMILES string of the molecule is CCN(CC(=O)Oc1ccc([N+](=O)[O-])cc1)C(=O)CN1CCN(CC(=O)[O-])CCN(CC(=O)[O-])CCN(CC(=O)[O-])CC1.[Gd+3]. The van der Waals surface area contributed by atoms with Crippen molar-refractivity contribution in [1.82, 2.24) is 24.5 Å². The molecule has 1 aromatic rings. The van der Waals surface area contributed by atoms with Crippen LogP contribution < -0.4 is 20.1 Å². The molecule has 243 valence electrons. The number of carboxylic acids is 3. The van der Waals surface area contributed by atoms with E-state index in [2.05, 4.69) is 0 Å². The van der Waals surface area contributed by atoms with Crippen LogP contribution in [0.15, 0.2) is 24.3 Å². The molecule has 1 aliphatic rings. The maximum atomic E-state index is 13.2. The molecular weight excluding hydrogens is 730 g/mol. The molecule has 2 rings (SSSR count). The molecule has 17 nitrogen and oxygen atoms in total. The van der Waals surface area contributed by atoms with Gasteiger partial charge in [-0.3, -0.25) is 34.5 Å². The number of benzene rings is 1. The molecule has 1 amide bonds. The molecule has 1 saturated heterocycles. The van der Waals surface area contributed by atoms with Crippen molar-refractivity contribution in [2.24, 2.45) is 0 Å². The first kappa shape index (κ1) is 39.2. The van der Waals surface area contributed by atoms with E-state index in [4.69, 9.17) is 4.74 Å². The Morgan fingerprint density at radius 2 is 1.09 bits per heavy atom. The van der Waals surface area contributed by atoms with E-state index in [0.29, 0.717) is 0 Å². The van der Waals surface area contributed by atoms with E-state index >= 15 is 0 Å².